The highest BCUT2D eigenvalue weighted by atomic mass is 32.2. The van der Waals surface area contributed by atoms with Crippen LogP contribution in [-0.2, 0) is 37.3 Å². The third-order valence-corrected chi connectivity index (χ3v) is 9.25. The predicted octanol–water partition coefficient (Wildman–Crippen LogP) is 4.47. The molecule has 10 heteroatoms. The van der Waals surface area contributed by atoms with Crippen LogP contribution < -0.4 is 5.32 Å². The number of nitrogens with zero attached hydrogens (tertiary/aromatic N) is 2. The molecule has 3 aromatic rings. The van der Waals surface area contributed by atoms with Crippen LogP contribution in [0.1, 0.15) is 48.4 Å². The fourth-order valence-corrected chi connectivity index (χ4v) is 6.56. The zero-order valence-electron chi connectivity index (χ0n) is 23.9. The first kappa shape index (κ1) is 31.3. The maximum atomic E-state index is 13.8. The van der Waals surface area contributed by atoms with Crippen LogP contribution in [0.4, 0.5) is 4.39 Å². The summed E-state index contributed by atoms with van der Waals surface area (Å²) in [7, 11) is -1.93. The maximum Gasteiger partial charge on any atom is 0.247 e. The minimum atomic E-state index is -3.52. The van der Waals surface area contributed by atoms with Crippen LogP contribution in [0.2, 0.25) is 0 Å². The normalized spacial score (nSPS) is 14.4. The Morgan fingerprint density at radius 3 is 2.24 bits per heavy atom. The lowest BCUT2D eigenvalue weighted by Gasteiger charge is -2.32. The predicted molar refractivity (Wildman–Crippen MR) is 158 cm³/mol. The van der Waals surface area contributed by atoms with E-state index >= 15 is 0 Å². The van der Waals surface area contributed by atoms with Crippen LogP contribution in [-0.4, -0.2) is 62.8 Å². The molecule has 0 bridgehead atoms. The molecule has 42 heavy (non-hydrogen) atoms. The van der Waals surface area contributed by atoms with E-state index in [4.69, 9.17) is 4.74 Å². The number of rotatable bonds is 14. The average Bonchev–Trinajstić information content (AvgIpc) is 3.56. The molecule has 1 N–H and O–H groups in total. The number of halogens is 1. The summed E-state index contributed by atoms with van der Waals surface area (Å²) in [5, 5.41) is 2.93. The lowest BCUT2D eigenvalue weighted by atomic mass is 10.0. The number of aryl methyl sites for hydroxylation is 1. The molecule has 8 nitrogen and oxygen atoms in total. The van der Waals surface area contributed by atoms with Crippen LogP contribution in [0.5, 0.6) is 0 Å². The van der Waals surface area contributed by atoms with Crippen molar-refractivity contribution in [2.45, 2.75) is 49.6 Å². The summed E-state index contributed by atoms with van der Waals surface area (Å²) in [6.07, 6.45) is 2.81. The van der Waals surface area contributed by atoms with Gasteiger partial charge in [0.15, 0.2) is 0 Å². The Balaban J connectivity index is 1.54. The number of ether oxygens (including phenoxy) is 1. The van der Waals surface area contributed by atoms with Crippen molar-refractivity contribution < 1.29 is 27.1 Å². The zero-order chi connectivity index (χ0) is 30.0. The van der Waals surface area contributed by atoms with Gasteiger partial charge in [0.1, 0.15) is 11.9 Å². The summed E-state index contributed by atoms with van der Waals surface area (Å²) in [5.41, 5.74) is 2.16. The van der Waals surface area contributed by atoms with Gasteiger partial charge in [0.05, 0.1) is 4.90 Å². The molecule has 0 aliphatic carbocycles. The molecule has 0 unspecified atom stereocenters. The van der Waals surface area contributed by atoms with E-state index in [2.05, 4.69) is 5.32 Å². The summed E-state index contributed by atoms with van der Waals surface area (Å²) >= 11 is 0. The largest absolute Gasteiger partial charge is 0.385 e. The Morgan fingerprint density at radius 1 is 0.952 bits per heavy atom. The molecule has 0 radical (unpaired) electrons. The number of benzene rings is 3. The van der Waals surface area contributed by atoms with Gasteiger partial charge in [0, 0.05) is 46.3 Å². The van der Waals surface area contributed by atoms with E-state index in [9.17, 15) is 22.4 Å². The standard InChI is InChI=1S/C32H38FN3O5S/c1-41-23-7-20-34-32(38)31(27-8-3-2-4-9-27)36(24-26-10-15-28(33)16-11-26)30(37)19-14-25-12-17-29(18-13-25)42(39,40)35-21-5-6-22-35/h2-4,8-13,15-18,31H,5-7,14,19-24H2,1H3,(H,34,38)/t31-/m1/s1. The number of nitrogens with one attached hydrogen (secondary N) is 1. The van der Waals surface area contributed by atoms with Crippen molar-refractivity contribution in [3.8, 4) is 0 Å². The van der Waals surface area contributed by atoms with Crippen molar-refractivity contribution in [3.63, 3.8) is 0 Å². The number of amides is 2. The summed E-state index contributed by atoms with van der Waals surface area (Å²) in [6, 6.07) is 20.7. The van der Waals surface area contributed by atoms with Crippen molar-refractivity contribution in [2.24, 2.45) is 0 Å². The van der Waals surface area contributed by atoms with Crippen molar-refractivity contribution in [2.75, 3.05) is 33.4 Å². The number of methoxy groups -OCH3 is 1. The molecule has 0 saturated carbocycles. The fraction of sp³-hybridized carbons (Fsp3) is 0.375. The van der Waals surface area contributed by atoms with Gasteiger partial charge in [-0.15, -0.1) is 0 Å². The van der Waals surface area contributed by atoms with Crippen LogP contribution in [0.3, 0.4) is 0 Å². The van der Waals surface area contributed by atoms with E-state index in [0.29, 0.717) is 50.2 Å². The molecule has 1 saturated heterocycles. The monoisotopic (exact) mass is 595 g/mol. The topological polar surface area (TPSA) is 96.0 Å². The third kappa shape index (κ3) is 8.24. The second-order valence-corrected chi connectivity index (χ2v) is 12.3. The first-order valence-corrected chi connectivity index (χ1v) is 15.7. The van der Waals surface area contributed by atoms with Crippen LogP contribution >= 0.6 is 0 Å². The lowest BCUT2D eigenvalue weighted by Crippen LogP contribution is -2.43. The minimum absolute atomic E-state index is 0.0969. The second kappa shape index (κ2) is 15.0. The number of hydrogen-bond donors (Lipinski definition) is 1. The van der Waals surface area contributed by atoms with Crippen LogP contribution in [0.15, 0.2) is 83.8 Å². The Bertz CT molecular complexity index is 1410. The molecule has 0 aromatic heterocycles. The van der Waals surface area contributed by atoms with Gasteiger partial charge in [-0.1, -0.05) is 54.6 Å². The average molecular weight is 596 g/mol. The lowest BCUT2D eigenvalue weighted by molar-refractivity contribution is -0.141. The fourth-order valence-electron chi connectivity index (χ4n) is 5.04. The van der Waals surface area contributed by atoms with Gasteiger partial charge >= 0.3 is 0 Å². The molecule has 3 aromatic carbocycles. The number of hydrogen-bond acceptors (Lipinski definition) is 5. The summed E-state index contributed by atoms with van der Waals surface area (Å²) in [4.78, 5) is 29.1. The Labute approximate surface area is 247 Å². The van der Waals surface area contributed by atoms with E-state index in [0.717, 1.165) is 18.4 Å². The third-order valence-electron chi connectivity index (χ3n) is 7.34. The van der Waals surface area contributed by atoms with Gasteiger partial charge in [0.25, 0.3) is 0 Å². The summed E-state index contributed by atoms with van der Waals surface area (Å²) in [5.74, 6) is -0.958. The smallest absolute Gasteiger partial charge is 0.247 e. The van der Waals surface area contributed by atoms with Crippen molar-refractivity contribution in [3.05, 3.63) is 101 Å². The molecule has 2 amide bonds. The van der Waals surface area contributed by atoms with Gasteiger partial charge < -0.3 is 15.0 Å². The molecule has 1 heterocycles. The van der Waals surface area contributed by atoms with Gasteiger partial charge in [0.2, 0.25) is 21.8 Å². The molecule has 1 fully saturated rings. The first-order chi connectivity index (χ1) is 20.3. The van der Waals surface area contributed by atoms with Crippen molar-refractivity contribution in [1.82, 2.24) is 14.5 Å². The van der Waals surface area contributed by atoms with E-state index in [1.807, 2.05) is 30.3 Å². The Kier molecular flexibility index (Phi) is 11.2. The molecule has 0 spiro atoms. The zero-order valence-corrected chi connectivity index (χ0v) is 24.7. The van der Waals surface area contributed by atoms with Crippen molar-refractivity contribution in [1.29, 1.82) is 0 Å². The molecule has 1 atom stereocenters. The van der Waals surface area contributed by atoms with E-state index in [1.54, 1.807) is 43.5 Å². The number of carbonyl (C=O) groups excluding carboxylic acids is 2. The molecular weight excluding hydrogens is 557 g/mol. The highest BCUT2D eigenvalue weighted by Gasteiger charge is 2.31. The Morgan fingerprint density at radius 2 is 1.60 bits per heavy atom. The van der Waals surface area contributed by atoms with Gasteiger partial charge in [-0.05, 0) is 66.6 Å². The highest BCUT2D eigenvalue weighted by Crippen LogP contribution is 2.26. The SMILES string of the molecule is COCCCNC(=O)[C@@H](c1ccccc1)N(Cc1ccc(F)cc1)C(=O)CCc1ccc(S(=O)(=O)N2CCCC2)cc1. The maximum absolute atomic E-state index is 13.8. The Hall–Kier alpha value is -3.60. The summed E-state index contributed by atoms with van der Waals surface area (Å²) < 4.78 is 46.0. The molecule has 224 valence electrons. The molecule has 1 aliphatic heterocycles. The van der Waals surface area contributed by atoms with Gasteiger partial charge in [-0.2, -0.15) is 4.31 Å². The van der Waals surface area contributed by atoms with Crippen molar-refractivity contribution >= 4 is 21.8 Å². The van der Waals surface area contributed by atoms with Crippen LogP contribution in [0.25, 0.3) is 0 Å². The number of carbonyl (C=O) groups is 2. The second-order valence-electron chi connectivity index (χ2n) is 10.4. The quantitative estimate of drug-likeness (QED) is 0.278. The van der Waals surface area contributed by atoms with Gasteiger partial charge in [-0.25, -0.2) is 12.8 Å². The molecular formula is C32H38FN3O5S. The molecule has 1 aliphatic rings. The highest BCUT2D eigenvalue weighted by molar-refractivity contribution is 7.89. The van der Waals surface area contributed by atoms with Crippen LogP contribution in [0, 0.1) is 5.82 Å². The summed E-state index contributed by atoms with van der Waals surface area (Å²) in [6.45, 7) is 2.06. The number of sulfonamides is 1. The van der Waals surface area contributed by atoms with E-state index in [-0.39, 0.29) is 35.5 Å². The van der Waals surface area contributed by atoms with E-state index < -0.39 is 16.1 Å². The minimum Gasteiger partial charge on any atom is -0.385 e. The van der Waals surface area contributed by atoms with E-state index in [1.165, 1.54) is 21.3 Å². The molecule has 4 rings (SSSR count). The first-order valence-electron chi connectivity index (χ1n) is 14.2. The van der Waals surface area contributed by atoms with Gasteiger partial charge in [-0.3, -0.25) is 9.59 Å².